The molecule has 0 aromatic carbocycles. The molecule has 5 nitrogen and oxygen atoms in total. The van der Waals surface area contributed by atoms with Crippen LogP contribution < -0.4 is 0 Å². The lowest BCUT2D eigenvalue weighted by Gasteiger charge is -2.23. The van der Waals surface area contributed by atoms with Crippen molar-refractivity contribution in [1.29, 1.82) is 0 Å². The molecule has 0 aromatic heterocycles. The van der Waals surface area contributed by atoms with Gasteiger partial charge in [-0.2, -0.15) is 0 Å². The lowest BCUT2D eigenvalue weighted by atomic mass is 9.90. The van der Waals surface area contributed by atoms with E-state index in [-0.39, 0.29) is 6.10 Å². The number of ether oxygens (including phenoxy) is 1. The van der Waals surface area contributed by atoms with Gasteiger partial charge in [-0.1, -0.05) is 66.2 Å². The van der Waals surface area contributed by atoms with Crippen molar-refractivity contribution in [2.75, 3.05) is 0 Å². The first-order chi connectivity index (χ1) is 12.4. The highest BCUT2D eigenvalue weighted by Crippen LogP contribution is 2.25. The Hall–Kier alpha value is -1.39. The summed E-state index contributed by atoms with van der Waals surface area (Å²) >= 11 is 0. The zero-order valence-corrected chi connectivity index (χ0v) is 17.4. The summed E-state index contributed by atoms with van der Waals surface area (Å²) in [6.07, 6.45) is 10.4. The van der Waals surface area contributed by atoms with Gasteiger partial charge in [0, 0.05) is 0 Å². The van der Waals surface area contributed by atoms with Gasteiger partial charge in [0.15, 0.2) is 0 Å². The van der Waals surface area contributed by atoms with E-state index < -0.39 is 17.4 Å². The molecular weight excluding hydrogens is 330 g/mol. The second-order valence-electron chi connectivity index (χ2n) is 7.31. The Balaban J connectivity index is 4.90. The minimum absolute atomic E-state index is 0.227. The summed E-state index contributed by atoms with van der Waals surface area (Å²) in [6.45, 7) is 10.0. The predicted octanol–water partition coefficient (Wildman–Crippen LogP) is 6.67. The van der Waals surface area contributed by atoms with Crippen molar-refractivity contribution >= 4 is 5.97 Å². The first kappa shape index (κ1) is 24.6. The largest absolute Gasteiger partial charge is 0.510 e. The number of unbranched alkanes of at least 4 members (excludes halogenated alkanes) is 1. The van der Waals surface area contributed by atoms with Crippen LogP contribution in [0.2, 0.25) is 0 Å². The van der Waals surface area contributed by atoms with Crippen molar-refractivity contribution in [1.82, 2.24) is 0 Å². The number of allylic oxidation sites excluding steroid dienone is 1. The van der Waals surface area contributed by atoms with Gasteiger partial charge in [-0.05, 0) is 49.6 Å². The summed E-state index contributed by atoms with van der Waals surface area (Å²) in [7, 11) is 0. The predicted molar refractivity (Wildman–Crippen MR) is 107 cm³/mol. The number of esters is 1. The molecule has 0 aliphatic rings. The topological polar surface area (TPSA) is 76.0 Å². The van der Waals surface area contributed by atoms with Crippen LogP contribution in [0.25, 0.3) is 0 Å². The molecule has 0 spiro atoms. The van der Waals surface area contributed by atoms with Crippen molar-refractivity contribution in [2.45, 2.75) is 105 Å². The Labute approximate surface area is 159 Å². The summed E-state index contributed by atoms with van der Waals surface area (Å²) in [5.41, 5.74) is -0.518. The summed E-state index contributed by atoms with van der Waals surface area (Å²) in [4.78, 5) is 23.0. The van der Waals surface area contributed by atoms with Gasteiger partial charge >= 0.3 is 5.97 Å². The van der Waals surface area contributed by atoms with Crippen molar-refractivity contribution in [2.24, 2.45) is 17.0 Å². The van der Waals surface area contributed by atoms with Crippen LogP contribution in [-0.2, 0) is 9.53 Å². The number of aliphatic hydroxyl groups is 1. The molecule has 0 fully saturated rings. The van der Waals surface area contributed by atoms with Crippen LogP contribution in [0.3, 0.4) is 0 Å². The normalized spacial score (nSPS) is 14.7. The molecule has 2 unspecified atom stereocenters. The number of nitrogens with zero attached hydrogens (tertiary/aromatic N) is 1. The van der Waals surface area contributed by atoms with Gasteiger partial charge in [-0.15, -0.1) is 4.91 Å². The van der Waals surface area contributed by atoms with E-state index in [1.165, 1.54) is 26.2 Å². The molecule has 5 heteroatoms. The fourth-order valence-corrected chi connectivity index (χ4v) is 3.31. The Kier molecular flexibility index (Phi) is 14.0. The third-order valence-electron chi connectivity index (χ3n) is 5.39. The molecule has 0 amide bonds. The number of nitroso groups, excluding NO2 is 1. The Morgan fingerprint density at radius 3 is 1.88 bits per heavy atom. The SMILES string of the molecule is CCCCC(CC)CCC(CCC(CC)CC)OC(=O)C(N=O)=C(C)O. The average Bonchev–Trinajstić information content (AvgIpc) is 2.62. The van der Waals surface area contributed by atoms with Crippen LogP contribution >= 0.6 is 0 Å². The van der Waals surface area contributed by atoms with Crippen molar-refractivity contribution in [3.8, 4) is 0 Å². The molecule has 0 heterocycles. The van der Waals surface area contributed by atoms with E-state index >= 15 is 0 Å². The Bertz CT molecular complexity index is 426. The molecule has 26 heavy (non-hydrogen) atoms. The minimum atomic E-state index is -0.809. The first-order valence-electron chi connectivity index (χ1n) is 10.4. The van der Waals surface area contributed by atoms with E-state index in [1.807, 2.05) is 0 Å². The molecule has 1 N–H and O–H groups in total. The third-order valence-corrected chi connectivity index (χ3v) is 5.39. The highest BCUT2D eigenvalue weighted by Gasteiger charge is 2.22. The average molecular weight is 370 g/mol. The maximum absolute atomic E-state index is 12.2. The quantitative estimate of drug-likeness (QED) is 0.151. The number of carbonyl (C=O) groups excluding carboxylic acids is 1. The van der Waals surface area contributed by atoms with E-state index in [1.54, 1.807) is 0 Å². The molecule has 0 aliphatic heterocycles. The van der Waals surface area contributed by atoms with E-state index in [0.29, 0.717) is 11.8 Å². The van der Waals surface area contributed by atoms with Crippen LogP contribution in [0.4, 0.5) is 0 Å². The summed E-state index contributed by atoms with van der Waals surface area (Å²) in [5, 5.41) is 12.1. The van der Waals surface area contributed by atoms with Crippen LogP contribution in [0, 0.1) is 16.7 Å². The van der Waals surface area contributed by atoms with E-state index in [9.17, 15) is 14.8 Å². The molecule has 2 atom stereocenters. The minimum Gasteiger partial charge on any atom is -0.510 e. The second-order valence-corrected chi connectivity index (χ2v) is 7.31. The fraction of sp³-hybridized carbons (Fsp3) is 0.857. The zero-order chi connectivity index (χ0) is 19.9. The molecular formula is C21H39NO4. The lowest BCUT2D eigenvalue weighted by Crippen LogP contribution is -2.22. The van der Waals surface area contributed by atoms with E-state index in [0.717, 1.165) is 44.9 Å². The van der Waals surface area contributed by atoms with Gasteiger partial charge in [0.25, 0.3) is 0 Å². The number of hydrogen-bond acceptors (Lipinski definition) is 5. The molecule has 0 aromatic rings. The van der Waals surface area contributed by atoms with Gasteiger partial charge in [-0.25, -0.2) is 4.79 Å². The second kappa shape index (κ2) is 14.7. The molecule has 152 valence electrons. The standard InChI is InChI=1S/C21H39NO4/c1-6-10-11-18(9-4)13-15-19(14-12-17(7-2)8-3)26-21(24)20(22-25)16(5)23/h17-19,23H,6-15H2,1-5H3. The fourth-order valence-electron chi connectivity index (χ4n) is 3.31. The van der Waals surface area contributed by atoms with Gasteiger partial charge in [0.1, 0.15) is 11.9 Å². The smallest absolute Gasteiger partial charge is 0.364 e. The molecule has 0 rings (SSSR count). The van der Waals surface area contributed by atoms with Crippen molar-refractivity contribution in [3.05, 3.63) is 16.4 Å². The van der Waals surface area contributed by atoms with Gasteiger partial charge in [0.2, 0.25) is 5.70 Å². The van der Waals surface area contributed by atoms with Gasteiger partial charge in [0.05, 0.1) is 0 Å². The van der Waals surface area contributed by atoms with E-state index in [4.69, 9.17) is 4.74 Å². The maximum Gasteiger partial charge on any atom is 0.364 e. The van der Waals surface area contributed by atoms with Crippen LogP contribution in [0.1, 0.15) is 98.8 Å². The van der Waals surface area contributed by atoms with Crippen molar-refractivity contribution in [3.63, 3.8) is 0 Å². The summed E-state index contributed by atoms with van der Waals surface area (Å²) in [6, 6.07) is 0. The third kappa shape index (κ3) is 9.93. The highest BCUT2D eigenvalue weighted by molar-refractivity contribution is 5.88. The zero-order valence-electron chi connectivity index (χ0n) is 17.4. The molecule has 0 aliphatic carbocycles. The molecule has 0 radical (unpaired) electrons. The maximum atomic E-state index is 12.2. The number of carbonyl (C=O) groups is 1. The summed E-state index contributed by atoms with van der Waals surface area (Å²) in [5.74, 6) is 0.0643. The summed E-state index contributed by atoms with van der Waals surface area (Å²) < 4.78 is 5.55. The van der Waals surface area contributed by atoms with E-state index in [2.05, 4.69) is 32.9 Å². The molecule has 0 bridgehead atoms. The van der Waals surface area contributed by atoms with Crippen LogP contribution in [0.5, 0.6) is 0 Å². The van der Waals surface area contributed by atoms with Crippen LogP contribution in [-0.4, -0.2) is 17.2 Å². The number of hydrogen-bond donors (Lipinski definition) is 1. The van der Waals surface area contributed by atoms with Crippen LogP contribution in [0.15, 0.2) is 16.6 Å². The monoisotopic (exact) mass is 369 g/mol. The Morgan fingerprint density at radius 2 is 1.46 bits per heavy atom. The molecule has 0 saturated carbocycles. The van der Waals surface area contributed by atoms with Gasteiger partial charge in [-0.3, -0.25) is 0 Å². The highest BCUT2D eigenvalue weighted by atomic mass is 16.5. The first-order valence-corrected chi connectivity index (χ1v) is 10.4. The number of rotatable bonds is 15. The lowest BCUT2D eigenvalue weighted by molar-refractivity contribution is -0.145. The number of aliphatic hydroxyl groups excluding tert-OH is 1. The molecule has 0 saturated heterocycles. The van der Waals surface area contributed by atoms with Gasteiger partial charge < -0.3 is 9.84 Å². The van der Waals surface area contributed by atoms with Crippen molar-refractivity contribution < 1.29 is 14.6 Å². The Morgan fingerprint density at radius 1 is 0.923 bits per heavy atom.